The highest BCUT2D eigenvalue weighted by molar-refractivity contribution is 9.10. The number of hydrogen-bond donors (Lipinski definition) is 2. The molecule has 0 fully saturated rings. The Labute approximate surface area is 137 Å². The van der Waals surface area contributed by atoms with Crippen molar-refractivity contribution in [3.8, 4) is 0 Å². The number of amides is 1. The van der Waals surface area contributed by atoms with Crippen LogP contribution in [0, 0.1) is 0 Å². The van der Waals surface area contributed by atoms with Gasteiger partial charge in [0.15, 0.2) is 0 Å². The van der Waals surface area contributed by atoms with Gasteiger partial charge in [-0.15, -0.1) is 0 Å². The van der Waals surface area contributed by atoms with Gasteiger partial charge in [-0.2, -0.15) is 0 Å². The Balaban J connectivity index is 2.10. The summed E-state index contributed by atoms with van der Waals surface area (Å²) in [4.78, 5) is 16.4. The molecule has 4 nitrogen and oxygen atoms in total. The number of carbonyl (C=O) groups excluding carboxylic acids is 1. The lowest BCUT2D eigenvalue weighted by atomic mass is 10.2. The highest BCUT2D eigenvalue weighted by atomic mass is 79.9. The van der Waals surface area contributed by atoms with Crippen LogP contribution in [0.1, 0.15) is 23.7 Å². The van der Waals surface area contributed by atoms with Crippen molar-refractivity contribution in [2.75, 3.05) is 17.2 Å². The van der Waals surface area contributed by atoms with Crippen LogP contribution in [0.25, 0.3) is 0 Å². The molecule has 0 aliphatic carbocycles. The summed E-state index contributed by atoms with van der Waals surface area (Å²) in [7, 11) is 0. The molecule has 0 bridgehead atoms. The smallest absolute Gasteiger partial charge is 0.255 e. The Kier molecular flexibility index (Phi) is 5.59. The zero-order valence-electron chi connectivity index (χ0n) is 11.5. The average Bonchev–Trinajstić information content (AvgIpc) is 2.49. The minimum atomic E-state index is -0.189. The molecular formula is C15H15BrClN3O. The number of carbonyl (C=O) groups is 1. The molecule has 2 aromatic rings. The molecule has 0 saturated heterocycles. The number of rotatable bonds is 5. The molecule has 0 aliphatic rings. The summed E-state index contributed by atoms with van der Waals surface area (Å²) in [5.74, 6) is 0.507. The lowest BCUT2D eigenvalue weighted by molar-refractivity contribution is 0.102. The number of nitrogens with zero attached hydrogens (tertiary/aromatic N) is 1. The van der Waals surface area contributed by atoms with Crippen LogP contribution in [0.2, 0.25) is 5.02 Å². The fourth-order valence-electron chi connectivity index (χ4n) is 1.70. The Bertz CT molecular complexity index is 649. The summed E-state index contributed by atoms with van der Waals surface area (Å²) in [5.41, 5.74) is 1.23. The maximum Gasteiger partial charge on any atom is 0.255 e. The fourth-order valence-corrected chi connectivity index (χ4v) is 2.20. The van der Waals surface area contributed by atoms with Gasteiger partial charge in [0.25, 0.3) is 5.91 Å². The Morgan fingerprint density at radius 3 is 2.86 bits per heavy atom. The van der Waals surface area contributed by atoms with Crippen LogP contribution in [0.3, 0.4) is 0 Å². The van der Waals surface area contributed by atoms with E-state index in [9.17, 15) is 4.79 Å². The molecule has 6 heteroatoms. The molecule has 1 aromatic heterocycles. The molecule has 0 spiro atoms. The highest BCUT2D eigenvalue weighted by Crippen LogP contribution is 2.25. The van der Waals surface area contributed by atoms with E-state index in [0.29, 0.717) is 22.1 Å². The lowest BCUT2D eigenvalue weighted by Gasteiger charge is -2.08. The Hall–Kier alpha value is -1.59. The van der Waals surface area contributed by atoms with Gasteiger partial charge in [0.05, 0.1) is 5.02 Å². The molecule has 0 aliphatic heterocycles. The molecule has 1 amide bonds. The number of halogens is 2. The third kappa shape index (κ3) is 4.44. The van der Waals surface area contributed by atoms with E-state index in [1.54, 1.807) is 36.5 Å². The van der Waals surface area contributed by atoms with Crippen LogP contribution in [-0.4, -0.2) is 17.4 Å². The first kappa shape index (κ1) is 15.8. The first-order valence-corrected chi connectivity index (χ1v) is 7.73. The highest BCUT2D eigenvalue weighted by Gasteiger charge is 2.08. The number of benzene rings is 1. The third-order valence-electron chi connectivity index (χ3n) is 2.76. The van der Waals surface area contributed by atoms with Crippen molar-refractivity contribution in [3.05, 3.63) is 51.6 Å². The van der Waals surface area contributed by atoms with Gasteiger partial charge in [0, 0.05) is 28.5 Å². The first-order valence-electron chi connectivity index (χ1n) is 6.56. The number of hydrogen-bond acceptors (Lipinski definition) is 3. The van der Waals surface area contributed by atoms with E-state index >= 15 is 0 Å². The van der Waals surface area contributed by atoms with Crippen molar-refractivity contribution in [1.82, 2.24) is 4.98 Å². The van der Waals surface area contributed by atoms with E-state index in [0.717, 1.165) is 17.4 Å². The summed E-state index contributed by atoms with van der Waals surface area (Å²) in [6.07, 6.45) is 2.61. The maximum absolute atomic E-state index is 12.2. The van der Waals surface area contributed by atoms with E-state index in [1.165, 1.54) is 0 Å². The Morgan fingerprint density at radius 1 is 1.33 bits per heavy atom. The molecule has 0 unspecified atom stereocenters. The molecule has 1 heterocycles. The zero-order chi connectivity index (χ0) is 15.2. The van der Waals surface area contributed by atoms with Gasteiger partial charge < -0.3 is 10.6 Å². The van der Waals surface area contributed by atoms with Gasteiger partial charge in [0.2, 0.25) is 0 Å². The molecule has 0 radical (unpaired) electrons. The summed E-state index contributed by atoms with van der Waals surface area (Å²) in [6, 6.07) is 8.65. The van der Waals surface area contributed by atoms with Crippen LogP contribution in [0.5, 0.6) is 0 Å². The SMILES string of the molecule is CCCNc1cc(C(=O)Nc2ccc(Cl)c(Br)c2)ccn1. The maximum atomic E-state index is 12.2. The van der Waals surface area contributed by atoms with Gasteiger partial charge in [-0.25, -0.2) is 4.98 Å². The van der Waals surface area contributed by atoms with Gasteiger partial charge in [-0.1, -0.05) is 18.5 Å². The molecule has 1 aromatic carbocycles. The quantitative estimate of drug-likeness (QED) is 0.812. The van der Waals surface area contributed by atoms with Crippen molar-refractivity contribution in [1.29, 1.82) is 0 Å². The second-order valence-electron chi connectivity index (χ2n) is 4.44. The molecule has 0 saturated carbocycles. The molecule has 2 N–H and O–H groups in total. The van der Waals surface area contributed by atoms with Crippen LogP contribution in [0.15, 0.2) is 41.0 Å². The standard InChI is InChI=1S/C15H15BrClN3O/c1-2-6-18-14-8-10(5-7-19-14)15(21)20-11-3-4-13(17)12(16)9-11/h3-5,7-9H,2,6H2,1H3,(H,18,19)(H,20,21). The minimum absolute atomic E-state index is 0.189. The third-order valence-corrected chi connectivity index (χ3v) is 3.97. The van der Waals surface area contributed by atoms with Gasteiger partial charge >= 0.3 is 0 Å². The summed E-state index contributed by atoms with van der Waals surface area (Å²) in [6.45, 7) is 2.89. The second-order valence-corrected chi connectivity index (χ2v) is 5.70. The van der Waals surface area contributed by atoms with E-state index in [2.05, 4.69) is 38.5 Å². The first-order chi connectivity index (χ1) is 10.1. The zero-order valence-corrected chi connectivity index (χ0v) is 13.8. The topological polar surface area (TPSA) is 54.0 Å². The minimum Gasteiger partial charge on any atom is -0.370 e. The van der Waals surface area contributed by atoms with E-state index in [4.69, 9.17) is 11.6 Å². The molecule has 0 atom stereocenters. The van der Waals surface area contributed by atoms with Crippen LogP contribution >= 0.6 is 27.5 Å². The van der Waals surface area contributed by atoms with Crippen molar-refractivity contribution in [2.24, 2.45) is 0 Å². The monoisotopic (exact) mass is 367 g/mol. The molecule has 110 valence electrons. The number of aromatic nitrogens is 1. The van der Waals surface area contributed by atoms with E-state index in [-0.39, 0.29) is 5.91 Å². The van der Waals surface area contributed by atoms with E-state index < -0.39 is 0 Å². The Morgan fingerprint density at radius 2 is 2.14 bits per heavy atom. The average molecular weight is 369 g/mol. The molecule has 2 rings (SSSR count). The van der Waals surface area contributed by atoms with Crippen molar-refractivity contribution < 1.29 is 4.79 Å². The predicted molar refractivity (Wildman–Crippen MR) is 90.1 cm³/mol. The van der Waals surface area contributed by atoms with Gasteiger partial charge in [0.1, 0.15) is 5.82 Å². The summed E-state index contributed by atoms with van der Waals surface area (Å²) in [5, 5.41) is 6.58. The van der Waals surface area contributed by atoms with Crippen molar-refractivity contribution in [2.45, 2.75) is 13.3 Å². The van der Waals surface area contributed by atoms with Crippen LogP contribution in [-0.2, 0) is 0 Å². The lowest BCUT2D eigenvalue weighted by Crippen LogP contribution is -2.13. The van der Waals surface area contributed by atoms with Crippen molar-refractivity contribution in [3.63, 3.8) is 0 Å². The fraction of sp³-hybridized carbons (Fsp3) is 0.200. The normalized spacial score (nSPS) is 10.2. The number of pyridine rings is 1. The van der Waals surface area contributed by atoms with Gasteiger partial charge in [-0.3, -0.25) is 4.79 Å². The van der Waals surface area contributed by atoms with E-state index in [1.807, 2.05) is 0 Å². The molecular weight excluding hydrogens is 354 g/mol. The predicted octanol–water partition coefficient (Wildman–Crippen LogP) is 4.57. The summed E-state index contributed by atoms with van der Waals surface area (Å²) >= 11 is 9.26. The largest absolute Gasteiger partial charge is 0.370 e. The summed E-state index contributed by atoms with van der Waals surface area (Å²) < 4.78 is 0.738. The van der Waals surface area contributed by atoms with Crippen LogP contribution in [0.4, 0.5) is 11.5 Å². The van der Waals surface area contributed by atoms with Crippen LogP contribution < -0.4 is 10.6 Å². The second kappa shape index (κ2) is 7.43. The van der Waals surface area contributed by atoms with Gasteiger partial charge in [-0.05, 0) is 52.7 Å². The number of nitrogens with one attached hydrogen (secondary N) is 2. The molecule has 21 heavy (non-hydrogen) atoms. The number of anilines is 2. The van der Waals surface area contributed by atoms with Crippen molar-refractivity contribution >= 4 is 44.9 Å².